The van der Waals surface area contributed by atoms with E-state index in [4.69, 9.17) is 0 Å². The number of nitrogens with one attached hydrogen (secondary N) is 1. The number of piperidine rings is 1. The monoisotopic (exact) mass is 297 g/mol. The summed E-state index contributed by atoms with van der Waals surface area (Å²) >= 11 is 0. The first-order valence-electron chi connectivity index (χ1n) is 8.26. The van der Waals surface area contributed by atoms with Crippen LogP contribution in [0.1, 0.15) is 41.6 Å². The zero-order valence-electron chi connectivity index (χ0n) is 13.3. The van der Waals surface area contributed by atoms with Gasteiger partial charge in [0.15, 0.2) is 0 Å². The molecule has 0 bridgehead atoms. The highest BCUT2D eigenvalue weighted by molar-refractivity contribution is 5.33. The van der Waals surface area contributed by atoms with E-state index >= 15 is 0 Å². The van der Waals surface area contributed by atoms with Crippen molar-refractivity contribution in [3.8, 4) is 5.75 Å². The molecule has 2 aromatic rings. The molecule has 3 nitrogen and oxygen atoms in total. The molecule has 22 heavy (non-hydrogen) atoms. The zero-order valence-corrected chi connectivity index (χ0v) is 13.3. The summed E-state index contributed by atoms with van der Waals surface area (Å²) in [5.74, 6) is 0.350. The molecule has 116 valence electrons. The number of benzene rings is 1. The lowest BCUT2D eigenvalue weighted by Crippen LogP contribution is -3.11. The van der Waals surface area contributed by atoms with Gasteiger partial charge < -0.3 is 10.0 Å². The van der Waals surface area contributed by atoms with Crippen LogP contribution in [-0.2, 0) is 13.0 Å². The van der Waals surface area contributed by atoms with Crippen LogP contribution >= 0.6 is 0 Å². The van der Waals surface area contributed by atoms with Crippen molar-refractivity contribution < 1.29 is 10.0 Å². The molecule has 1 aromatic carbocycles. The van der Waals surface area contributed by atoms with Gasteiger partial charge >= 0.3 is 0 Å². The van der Waals surface area contributed by atoms with Crippen molar-refractivity contribution in [1.29, 1.82) is 0 Å². The lowest BCUT2D eigenvalue weighted by molar-refractivity contribution is -0.918. The molecule has 1 aliphatic heterocycles. The largest absolute Gasteiger partial charge is 0.506 e. The Balaban J connectivity index is 1.67. The van der Waals surface area contributed by atoms with E-state index in [0.717, 1.165) is 24.2 Å². The van der Waals surface area contributed by atoms with Crippen LogP contribution in [0.3, 0.4) is 0 Å². The molecule has 3 heteroatoms. The normalized spacial score (nSPS) is 15.9. The fraction of sp³-hybridized carbons (Fsp3) is 0.421. The second-order valence-corrected chi connectivity index (χ2v) is 6.46. The number of hydrogen-bond acceptors (Lipinski definition) is 2. The van der Waals surface area contributed by atoms with E-state index < -0.39 is 0 Å². The van der Waals surface area contributed by atoms with E-state index in [-0.39, 0.29) is 0 Å². The number of quaternary nitrogens is 1. The predicted octanol–water partition coefficient (Wildman–Crippen LogP) is 2.26. The first-order valence-corrected chi connectivity index (χ1v) is 8.26. The van der Waals surface area contributed by atoms with Crippen LogP contribution in [0.5, 0.6) is 5.75 Å². The summed E-state index contributed by atoms with van der Waals surface area (Å²) in [6.07, 6.45) is 6.66. The lowest BCUT2D eigenvalue weighted by Gasteiger charge is -2.23. The van der Waals surface area contributed by atoms with Crippen LogP contribution < -0.4 is 4.90 Å². The second kappa shape index (κ2) is 6.93. The van der Waals surface area contributed by atoms with E-state index in [2.05, 4.69) is 36.2 Å². The smallest absolute Gasteiger partial charge is 0.143 e. The van der Waals surface area contributed by atoms with Gasteiger partial charge in [0.2, 0.25) is 0 Å². The number of rotatable bonds is 4. The molecule has 0 spiro atoms. The SMILES string of the molecule is Cc1ccc(Cc2cnc(C[NH+]3CCCCC3)c(O)c2)cc1. The van der Waals surface area contributed by atoms with Crippen molar-refractivity contribution >= 4 is 0 Å². The molecule has 1 aromatic heterocycles. The number of likely N-dealkylation sites (tertiary alicyclic amines) is 1. The Morgan fingerprint density at radius 1 is 1.05 bits per heavy atom. The van der Waals surface area contributed by atoms with Crippen LogP contribution in [0.15, 0.2) is 36.5 Å². The number of nitrogens with zero attached hydrogens (tertiary/aromatic N) is 1. The molecule has 0 amide bonds. The van der Waals surface area contributed by atoms with Crippen LogP contribution in [0, 0.1) is 6.92 Å². The minimum atomic E-state index is 0.350. The summed E-state index contributed by atoms with van der Waals surface area (Å²) in [5, 5.41) is 10.3. The Labute approximate surface area is 132 Å². The summed E-state index contributed by atoms with van der Waals surface area (Å²) in [6.45, 7) is 5.34. The predicted molar refractivity (Wildman–Crippen MR) is 88.1 cm³/mol. The molecule has 0 atom stereocenters. The van der Waals surface area contributed by atoms with Gasteiger partial charge in [0.25, 0.3) is 0 Å². The molecule has 2 heterocycles. The summed E-state index contributed by atoms with van der Waals surface area (Å²) in [7, 11) is 0. The number of aromatic nitrogens is 1. The van der Waals surface area contributed by atoms with Crippen molar-refractivity contribution in [2.24, 2.45) is 0 Å². The van der Waals surface area contributed by atoms with Crippen LogP contribution in [0.25, 0.3) is 0 Å². The molecule has 2 N–H and O–H groups in total. The highest BCUT2D eigenvalue weighted by Gasteiger charge is 2.17. The third kappa shape index (κ3) is 3.86. The van der Waals surface area contributed by atoms with Gasteiger partial charge in [-0.15, -0.1) is 0 Å². The number of aryl methyl sites for hydroxylation is 1. The molecule has 1 fully saturated rings. The van der Waals surface area contributed by atoms with Crippen molar-refractivity contribution in [1.82, 2.24) is 4.98 Å². The maximum atomic E-state index is 10.3. The van der Waals surface area contributed by atoms with Gasteiger partial charge in [-0.05, 0) is 49.8 Å². The van der Waals surface area contributed by atoms with Gasteiger partial charge in [-0.3, -0.25) is 4.98 Å². The second-order valence-electron chi connectivity index (χ2n) is 6.46. The number of pyridine rings is 1. The topological polar surface area (TPSA) is 37.6 Å². The van der Waals surface area contributed by atoms with Gasteiger partial charge in [0.05, 0.1) is 13.1 Å². The van der Waals surface area contributed by atoms with Crippen molar-refractivity contribution in [3.63, 3.8) is 0 Å². The highest BCUT2D eigenvalue weighted by atomic mass is 16.3. The van der Waals surface area contributed by atoms with Crippen molar-refractivity contribution in [2.45, 2.75) is 39.2 Å². The van der Waals surface area contributed by atoms with Gasteiger partial charge in [0, 0.05) is 6.20 Å². The average molecular weight is 297 g/mol. The van der Waals surface area contributed by atoms with E-state index in [9.17, 15) is 5.11 Å². The van der Waals surface area contributed by atoms with E-state index in [1.807, 2.05) is 12.3 Å². The van der Waals surface area contributed by atoms with Crippen molar-refractivity contribution in [2.75, 3.05) is 13.1 Å². The van der Waals surface area contributed by atoms with Crippen molar-refractivity contribution in [3.05, 3.63) is 58.9 Å². The van der Waals surface area contributed by atoms with Crippen LogP contribution in [0.2, 0.25) is 0 Å². The minimum Gasteiger partial charge on any atom is -0.506 e. The standard InChI is InChI=1S/C19H24N2O/c1-15-5-7-16(8-6-15)11-17-12-19(22)18(20-13-17)14-21-9-3-2-4-10-21/h5-8,12-13,22H,2-4,9-11,14H2,1H3/p+1. The fourth-order valence-corrected chi connectivity index (χ4v) is 3.16. The molecule has 3 rings (SSSR count). The summed E-state index contributed by atoms with van der Waals surface area (Å²) < 4.78 is 0. The quantitative estimate of drug-likeness (QED) is 0.908. The van der Waals surface area contributed by atoms with Gasteiger partial charge in [-0.2, -0.15) is 0 Å². The Morgan fingerprint density at radius 3 is 2.45 bits per heavy atom. The molecule has 0 radical (unpaired) electrons. The third-order valence-electron chi connectivity index (χ3n) is 4.51. The molecular weight excluding hydrogens is 272 g/mol. The van der Waals surface area contributed by atoms with E-state index in [1.165, 1.54) is 43.5 Å². The third-order valence-corrected chi connectivity index (χ3v) is 4.51. The van der Waals surface area contributed by atoms with E-state index in [1.54, 1.807) is 4.90 Å². The number of hydrogen-bond donors (Lipinski definition) is 2. The molecule has 0 unspecified atom stereocenters. The molecule has 0 aliphatic carbocycles. The van der Waals surface area contributed by atoms with Gasteiger partial charge in [-0.1, -0.05) is 29.8 Å². The maximum Gasteiger partial charge on any atom is 0.143 e. The van der Waals surface area contributed by atoms with Crippen LogP contribution in [-0.4, -0.2) is 23.2 Å². The average Bonchev–Trinajstić information content (AvgIpc) is 2.53. The first-order chi connectivity index (χ1) is 10.7. The van der Waals surface area contributed by atoms with Gasteiger partial charge in [-0.25, -0.2) is 0 Å². The molecule has 1 aliphatic rings. The summed E-state index contributed by atoms with van der Waals surface area (Å²) in [5.41, 5.74) is 4.43. The minimum absolute atomic E-state index is 0.350. The Bertz CT molecular complexity index is 616. The zero-order chi connectivity index (χ0) is 15.4. The lowest BCUT2D eigenvalue weighted by atomic mass is 10.0. The number of aromatic hydroxyl groups is 1. The summed E-state index contributed by atoms with van der Waals surface area (Å²) in [6, 6.07) is 10.4. The molecule has 1 saturated heterocycles. The Hall–Kier alpha value is -1.87. The van der Waals surface area contributed by atoms with Gasteiger partial charge in [0.1, 0.15) is 18.0 Å². The molecular formula is C19H25N2O+. The van der Waals surface area contributed by atoms with Crippen LogP contribution in [0.4, 0.5) is 0 Å². The van der Waals surface area contributed by atoms with E-state index in [0.29, 0.717) is 5.75 Å². The maximum absolute atomic E-state index is 10.3. The first kappa shape index (κ1) is 15.0. The fourth-order valence-electron chi connectivity index (χ4n) is 3.16. The highest BCUT2D eigenvalue weighted by Crippen LogP contribution is 2.18. The Kier molecular flexibility index (Phi) is 4.74. The Morgan fingerprint density at radius 2 is 1.77 bits per heavy atom. The molecule has 0 saturated carbocycles. The summed E-state index contributed by atoms with van der Waals surface area (Å²) in [4.78, 5) is 6.06.